The van der Waals surface area contributed by atoms with Crippen LogP contribution in [0.3, 0.4) is 0 Å². The van der Waals surface area contributed by atoms with Crippen molar-refractivity contribution >= 4 is 33.0 Å². The highest BCUT2D eigenvalue weighted by Gasteiger charge is 2.02. The van der Waals surface area contributed by atoms with Crippen molar-refractivity contribution < 1.29 is 4.74 Å². The minimum absolute atomic E-state index is 0.532. The quantitative estimate of drug-likeness (QED) is 0.729. The summed E-state index contributed by atoms with van der Waals surface area (Å²) in [5.74, 6) is 0.832. The van der Waals surface area contributed by atoms with Crippen molar-refractivity contribution in [1.82, 2.24) is 0 Å². The van der Waals surface area contributed by atoms with E-state index >= 15 is 0 Å². The Labute approximate surface area is 131 Å². The molecule has 20 heavy (non-hydrogen) atoms. The second kappa shape index (κ2) is 7.93. The molecule has 104 valence electrons. The topological polar surface area (TPSA) is 45.0 Å². The Hall–Kier alpha value is -1.51. The molecule has 0 amide bonds. The Morgan fingerprint density at radius 2 is 2.25 bits per heavy atom. The monoisotopic (exact) mass is 350 g/mol. The van der Waals surface area contributed by atoms with Gasteiger partial charge in [-0.2, -0.15) is 5.26 Å². The van der Waals surface area contributed by atoms with E-state index in [2.05, 4.69) is 38.8 Å². The molecule has 1 N–H and O–H groups in total. The predicted molar refractivity (Wildman–Crippen MR) is 86.1 cm³/mol. The summed E-state index contributed by atoms with van der Waals surface area (Å²) in [5.41, 5.74) is 1.03. The van der Waals surface area contributed by atoms with E-state index in [1.54, 1.807) is 11.3 Å². The SMILES string of the molecule is N#CCCCOc1cccc(NCc2sccc2Br)c1. The highest BCUT2D eigenvalue weighted by Crippen LogP contribution is 2.24. The van der Waals surface area contributed by atoms with Crippen LogP contribution in [0.4, 0.5) is 5.69 Å². The van der Waals surface area contributed by atoms with E-state index in [-0.39, 0.29) is 0 Å². The Kier molecular flexibility index (Phi) is 5.90. The first-order chi connectivity index (χ1) is 9.79. The van der Waals surface area contributed by atoms with Gasteiger partial charge < -0.3 is 10.1 Å². The first-order valence-electron chi connectivity index (χ1n) is 6.35. The molecule has 0 saturated carbocycles. The fourth-order valence-corrected chi connectivity index (χ4v) is 3.10. The number of thiophene rings is 1. The summed E-state index contributed by atoms with van der Waals surface area (Å²) in [7, 11) is 0. The maximum atomic E-state index is 8.47. The Bertz CT molecular complexity index is 592. The third kappa shape index (κ3) is 4.55. The molecule has 5 heteroatoms. The van der Waals surface area contributed by atoms with Crippen molar-refractivity contribution in [3.63, 3.8) is 0 Å². The summed E-state index contributed by atoms with van der Waals surface area (Å²) < 4.78 is 6.75. The second-order valence-electron chi connectivity index (χ2n) is 4.18. The minimum atomic E-state index is 0.532. The van der Waals surface area contributed by atoms with Gasteiger partial charge in [0.2, 0.25) is 0 Å². The number of anilines is 1. The zero-order valence-electron chi connectivity index (χ0n) is 10.9. The highest BCUT2D eigenvalue weighted by molar-refractivity contribution is 9.10. The van der Waals surface area contributed by atoms with Crippen LogP contribution in [0.1, 0.15) is 17.7 Å². The van der Waals surface area contributed by atoms with Crippen LogP contribution in [-0.2, 0) is 6.54 Å². The molecular formula is C15H15BrN2OS. The second-order valence-corrected chi connectivity index (χ2v) is 6.04. The fraction of sp³-hybridized carbons (Fsp3) is 0.267. The van der Waals surface area contributed by atoms with E-state index in [0.717, 1.165) is 28.9 Å². The number of rotatable bonds is 7. The van der Waals surface area contributed by atoms with E-state index < -0.39 is 0 Å². The summed E-state index contributed by atoms with van der Waals surface area (Å²) in [6, 6.07) is 12.1. The van der Waals surface area contributed by atoms with Gasteiger partial charge in [-0.15, -0.1) is 11.3 Å². The van der Waals surface area contributed by atoms with Gasteiger partial charge >= 0.3 is 0 Å². The molecule has 0 aliphatic carbocycles. The van der Waals surface area contributed by atoms with Crippen LogP contribution in [0.5, 0.6) is 5.75 Å². The average molecular weight is 351 g/mol. The molecule has 2 aromatic rings. The molecule has 0 aliphatic heterocycles. The van der Waals surface area contributed by atoms with Gasteiger partial charge in [0.25, 0.3) is 0 Å². The fourth-order valence-electron chi connectivity index (χ4n) is 1.67. The Morgan fingerprint density at radius 3 is 3.00 bits per heavy atom. The van der Waals surface area contributed by atoms with Crippen molar-refractivity contribution in [1.29, 1.82) is 5.26 Å². The van der Waals surface area contributed by atoms with Crippen LogP contribution in [-0.4, -0.2) is 6.61 Å². The van der Waals surface area contributed by atoms with Gasteiger partial charge in [0.1, 0.15) is 5.75 Å². The van der Waals surface area contributed by atoms with E-state index in [4.69, 9.17) is 10.00 Å². The summed E-state index contributed by atoms with van der Waals surface area (Å²) in [5, 5.41) is 13.9. The standard InChI is InChI=1S/C15H15BrN2OS/c16-14-6-9-20-15(14)11-18-12-4-3-5-13(10-12)19-8-2-1-7-17/h3-6,9-10,18H,1-2,8,11H2. The number of halogens is 1. The molecule has 0 aliphatic rings. The van der Waals surface area contributed by atoms with E-state index in [1.807, 2.05) is 24.3 Å². The van der Waals surface area contributed by atoms with Crippen LogP contribution in [0.15, 0.2) is 40.2 Å². The van der Waals surface area contributed by atoms with Gasteiger partial charge in [0.15, 0.2) is 0 Å². The maximum absolute atomic E-state index is 8.47. The van der Waals surface area contributed by atoms with Crippen LogP contribution in [0.25, 0.3) is 0 Å². The summed E-state index contributed by atoms with van der Waals surface area (Å²) in [4.78, 5) is 1.27. The molecule has 0 spiro atoms. The molecule has 1 aromatic heterocycles. The van der Waals surface area contributed by atoms with Gasteiger partial charge in [-0.1, -0.05) is 6.07 Å². The smallest absolute Gasteiger partial charge is 0.121 e. The molecule has 0 saturated heterocycles. The summed E-state index contributed by atoms with van der Waals surface area (Å²) in [6.07, 6.45) is 1.29. The number of nitrogens with zero attached hydrogens (tertiary/aromatic N) is 1. The molecule has 2 rings (SSSR count). The molecule has 1 aromatic carbocycles. The zero-order chi connectivity index (χ0) is 14.2. The molecule has 0 atom stereocenters. The molecule has 0 fully saturated rings. The molecule has 0 unspecified atom stereocenters. The lowest BCUT2D eigenvalue weighted by Gasteiger charge is -2.09. The van der Waals surface area contributed by atoms with Gasteiger partial charge in [-0.05, 0) is 45.9 Å². The van der Waals surface area contributed by atoms with Crippen LogP contribution < -0.4 is 10.1 Å². The van der Waals surface area contributed by atoms with Gasteiger partial charge in [0, 0.05) is 27.5 Å². The molecular weight excluding hydrogens is 336 g/mol. The number of ether oxygens (including phenoxy) is 1. The first-order valence-corrected chi connectivity index (χ1v) is 8.02. The lowest BCUT2D eigenvalue weighted by Crippen LogP contribution is -2.00. The van der Waals surface area contributed by atoms with Crippen molar-refractivity contribution in [3.8, 4) is 11.8 Å². The van der Waals surface area contributed by atoms with Crippen LogP contribution >= 0.6 is 27.3 Å². The number of nitriles is 1. The number of benzene rings is 1. The lowest BCUT2D eigenvalue weighted by molar-refractivity contribution is 0.313. The molecule has 0 bridgehead atoms. The summed E-state index contributed by atoms with van der Waals surface area (Å²) >= 11 is 5.24. The maximum Gasteiger partial charge on any atom is 0.121 e. The first kappa shape index (κ1) is 14.9. The van der Waals surface area contributed by atoms with Crippen molar-refractivity contribution in [2.75, 3.05) is 11.9 Å². The third-order valence-corrected chi connectivity index (χ3v) is 4.61. The number of nitrogens with one attached hydrogen (secondary N) is 1. The third-order valence-electron chi connectivity index (χ3n) is 2.68. The van der Waals surface area contributed by atoms with Gasteiger partial charge in [-0.25, -0.2) is 0 Å². The van der Waals surface area contributed by atoms with Crippen molar-refractivity contribution in [3.05, 3.63) is 45.1 Å². The Morgan fingerprint density at radius 1 is 1.35 bits per heavy atom. The van der Waals surface area contributed by atoms with Gasteiger partial charge in [-0.3, -0.25) is 0 Å². The summed E-state index contributed by atoms with van der Waals surface area (Å²) in [6.45, 7) is 1.36. The lowest BCUT2D eigenvalue weighted by atomic mass is 10.3. The number of unbranched alkanes of at least 4 members (excludes halogenated alkanes) is 1. The van der Waals surface area contributed by atoms with Crippen molar-refractivity contribution in [2.24, 2.45) is 0 Å². The Balaban J connectivity index is 1.86. The predicted octanol–water partition coefficient (Wildman–Crippen LogP) is 4.81. The number of hydrogen-bond acceptors (Lipinski definition) is 4. The zero-order valence-corrected chi connectivity index (χ0v) is 13.3. The average Bonchev–Trinajstić information content (AvgIpc) is 2.87. The van der Waals surface area contributed by atoms with E-state index in [0.29, 0.717) is 13.0 Å². The van der Waals surface area contributed by atoms with E-state index in [9.17, 15) is 0 Å². The highest BCUT2D eigenvalue weighted by atomic mass is 79.9. The van der Waals surface area contributed by atoms with Crippen LogP contribution in [0.2, 0.25) is 0 Å². The van der Waals surface area contributed by atoms with Crippen LogP contribution in [0, 0.1) is 11.3 Å². The largest absolute Gasteiger partial charge is 0.493 e. The van der Waals surface area contributed by atoms with Gasteiger partial charge in [0.05, 0.1) is 19.2 Å². The minimum Gasteiger partial charge on any atom is -0.493 e. The molecule has 1 heterocycles. The van der Waals surface area contributed by atoms with E-state index in [1.165, 1.54) is 4.88 Å². The van der Waals surface area contributed by atoms with Crippen molar-refractivity contribution in [2.45, 2.75) is 19.4 Å². The molecule has 3 nitrogen and oxygen atoms in total. The number of hydrogen-bond donors (Lipinski definition) is 1. The molecule has 0 radical (unpaired) electrons. The normalized spacial score (nSPS) is 10.0.